The molecule has 0 spiro atoms. The van der Waals surface area contributed by atoms with E-state index < -0.39 is 0 Å². The van der Waals surface area contributed by atoms with Gasteiger partial charge in [-0.15, -0.1) is 11.3 Å². The maximum Gasteiger partial charge on any atom is 0.265 e. The standard InChI is InChI=1S/C25H26ClN3O2S/c1-17-23(32-24(28-17)20-5-3-2-4-6-20)25(31)29-13-11-18(12-14-29)15-22(30)27-16-19-7-9-21(26)10-8-19/h2-10,18H,11-16H2,1H3,(H,27,30). The average Bonchev–Trinajstić information content (AvgIpc) is 3.21. The zero-order valence-electron chi connectivity index (χ0n) is 18.0. The molecule has 2 aromatic carbocycles. The SMILES string of the molecule is Cc1nc(-c2ccccc2)sc1C(=O)N1CCC(CC(=O)NCc2ccc(Cl)cc2)CC1. The van der Waals surface area contributed by atoms with Crippen LogP contribution in [0, 0.1) is 12.8 Å². The molecule has 3 aromatic rings. The van der Waals surface area contributed by atoms with Crippen molar-refractivity contribution in [3.63, 3.8) is 0 Å². The van der Waals surface area contributed by atoms with Crippen LogP contribution in [-0.4, -0.2) is 34.8 Å². The lowest BCUT2D eigenvalue weighted by Gasteiger charge is -2.31. The van der Waals surface area contributed by atoms with Crippen molar-refractivity contribution in [3.8, 4) is 10.6 Å². The first-order chi connectivity index (χ1) is 15.5. The first-order valence-electron chi connectivity index (χ1n) is 10.8. The van der Waals surface area contributed by atoms with Gasteiger partial charge >= 0.3 is 0 Å². The van der Waals surface area contributed by atoms with Crippen molar-refractivity contribution in [3.05, 3.63) is 75.8 Å². The van der Waals surface area contributed by atoms with Crippen molar-refractivity contribution < 1.29 is 9.59 Å². The van der Waals surface area contributed by atoms with Gasteiger partial charge in [0.05, 0.1) is 5.69 Å². The summed E-state index contributed by atoms with van der Waals surface area (Å²) in [7, 11) is 0. The fourth-order valence-electron chi connectivity index (χ4n) is 3.92. The minimum Gasteiger partial charge on any atom is -0.352 e. The smallest absolute Gasteiger partial charge is 0.265 e. The molecule has 0 saturated carbocycles. The van der Waals surface area contributed by atoms with Gasteiger partial charge < -0.3 is 10.2 Å². The number of thiazole rings is 1. The largest absolute Gasteiger partial charge is 0.352 e. The van der Waals surface area contributed by atoms with Crippen molar-refractivity contribution in [1.82, 2.24) is 15.2 Å². The maximum atomic E-state index is 13.1. The summed E-state index contributed by atoms with van der Waals surface area (Å²) in [5.74, 6) is 0.398. The van der Waals surface area contributed by atoms with Gasteiger partial charge in [-0.2, -0.15) is 0 Å². The predicted octanol–water partition coefficient (Wildman–Crippen LogP) is 5.33. The minimum atomic E-state index is 0.0489. The van der Waals surface area contributed by atoms with Gasteiger partial charge in [-0.05, 0) is 43.4 Å². The zero-order chi connectivity index (χ0) is 22.5. The highest BCUT2D eigenvalue weighted by atomic mass is 35.5. The topological polar surface area (TPSA) is 62.3 Å². The summed E-state index contributed by atoms with van der Waals surface area (Å²) in [5, 5.41) is 4.54. The summed E-state index contributed by atoms with van der Waals surface area (Å²) in [5.41, 5.74) is 2.84. The van der Waals surface area contributed by atoms with E-state index in [1.165, 1.54) is 11.3 Å². The number of nitrogens with one attached hydrogen (secondary N) is 1. The van der Waals surface area contributed by atoms with Crippen LogP contribution in [0.25, 0.3) is 10.6 Å². The molecule has 0 radical (unpaired) electrons. The molecule has 1 fully saturated rings. The first kappa shape index (κ1) is 22.5. The Kier molecular flexibility index (Phi) is 7.22. The van der Waals surface area contributed by atoms with Gasteiger partial charge in [0.25, 0.3) is 5.91 Å². The van der Waals surface area contributed by atoms with Crippen LogP contribution in [0.5, 0.6) is 0 Å². The van der Waals surface area contributed by atoms with Gasteiger partial charge in [0, 0.05) is 36.6 Å². The second kappa shape index (κ2) is 10.3. The normalized spacial score (nSPS) is 14.4. The molecule has 32 heavy (non-hydrogen) atoms. The Morgan fingerprint density at radius 1 is 1.09 bits per heavy atom. The third kappa shape index (κ3) is 5.56. The Hall–Kier alpha value is -2.70. The maximum absolute atomic E-state index is 13.1. The third-order valence-electron chi connectivity index (χ3n) is 5.79. The van der Waals surface area contributed by atoms with Crippen molar-refractivity contribution in [2.45, 2.75) is 32.7 Å². The van der Waals surface area contributed by atoms with Crippen LogP contribution in [0.1, 0.15) is 40.2 Å². The molecule has 2 heterocycles. The lowest BCUT2D eigenvalue weighted by atomic mass is 9.93. The van der Waals surface area contributed by atoms with Crippen LogP contribution < -0.4 is 5.32 Å². The number of benzene rings is 2. The van der Waals surface area contributed by atoms with E-state index in [4.69, 9.17) is 11.6 Å². The highest BCUT2D eigenvalue weighted by Crippen LogP contribution is 2.30. The predicted molar refractivity (Wildman–Crippen MR) is 129 cm³/mol. The van der Waals surface area contributed by atoms with Crippen molar-refractivity contribution >= 4 is 34.8 Å². The molecule has 1 aliphatic rings. The molecule has 0 bridgehead atoms. The van der Waals surface area contributed by atoms with Gasteiger partial charge in [-0.3, -0.25) is 9.59 Å². The Bertz CT molecular complexity index is 1070. The molecule has 5 nitrogen and oxygen atoms in total. The molecular formula is C25H26ClN3O2S. The molecule has 1 aromatic heterocycles. The summed E-state index contributed by atoms with van der Waals surface area (Å²) < 4.78 is 0. The Labute approximate surface area is 197 Å². The van der Waals surface area contributed by atoms with Gasteiger partial charge in [-0.25, -0.2) is 4.98 Å². The number of likely N-dealkylation sites (tertiary alicyclic amines) is 1. The van der Waals surface area contributed by atoms with E-state index in [2.05, 4.69) is 10.3 Å². The molecule has 1 saturated heterocycles. The van der Waals surface area contributed by atoms with E-state index >= 15 is 0 Å². The van der Waals surface area contributed by atoms with Gasteiger partial charge in [-0.1, -0.05) is 54.1 Å². The van der Waals surface area contributed by atoms with Gasteiger partial charge in [0.15, 0.2) is 0 Å². The number of amides is 2. The number of piperidine rings is 1. The summed E-state index contributed by atoms with van der Waals surface area (Å²) >= 11 is 7.35. The molecule has 0 aliphatic carbocycles. The van der Waals surface area contributed by atoms with Crippen molar-refractivity contribution in [2.24, 2.45) is 5.92 Å². The molecule has 1 aliphatic heterocycles. The van der Waals surface area contributed by atoms with Gasteiger partial charge in [0.2, 0.25) is 5.91 Å². The molecule has 4 rings (SSSR count). The van der Waals surface area contributed by atoms with Gasteiger partial charge in [0.1, 0.15) is 9.88 Å². The molecular weight excluding hydrogens is 442 g/mol. The molecule has 1 N–H and O–H groups in total. The lowest BCUT2D eigenvalue weighted by Crippen LogP contribution is -2.39. The minimum absolute atomic E-state index is 0.0489. The van der Waals surface area contributed by atoms with E-state index in [0.29, 0.717) is 41.9 Å². The second-order valence-corrected chi connectivity index (χ2v) is 9.58. The molecule has 0 unspecified atom stereocenters. The van der Waals surface area contributed by atoms with Crippen LogP contribution >= 0.6 is 22.9 Å². The lowest BCUT2D eigenvalue weighted by molar-refractivity contribution is -0.122. The van der Waals surface area contributed by atoms with Crippen molar-refractivity contribution in [2.75, 3.05) is 13.1 Å². The number of hydrogen-bond donors (Lipinski definition) is 1. The van der Waals surface area contributed by atoms with Crippen LogP contribution in [-0.2, 0) is 11.3 Å². The molecule has 2 amide bonds. The Balaban J connectivity index is 1.27. The molecule has 166 valence electrons. The number of carbonyl (C=O) groups excluding carboxylic acids is 2. The monoisotopic (exact) mass is 467 g/mol. The second-order valence-electron chi connectivity index (χ2n) is 8.14. The Morgan fingerprint density at radius 3 is 2.47 bits per heavy atom. The van der Waals surface area contributed by atoms with E-state index in [1.807, 2.05) is 66.4 Å². The Morgan fingerprint density at radius 2 is 1.78 bits per heavy atom. The number of aromatic nitrogens is 1. The number of halogens is 1. The molecule has 0 atom stereocenters. The van der Waals surface area contributed by atoms with E-state index in [0.717, 1.165) is 34.7 Å². The van der Waals surface area contributed by atoms with Crippen molar-refractivity contribution in [1.29, 1.82) is 0 Å². The summed E-state index contributed by atoms with van der Waals surface area (Å²) in [6.45, 7) is 3.74. The van der Waals surface area contributed by atoms with Crippen LogP contribution in [0.2, 0.25) is 5.02 Å². The number of rotatable bonds is 6. The fourth-order valence-corrected chi connectivity index (χ4v) is 5.09. The number of hydrogen-bond acceptors (Lipinski definition) is 4. The summed E-state index contributed by atoms with van der Waals surface area (Å²) in [6, 6.07) is 17.4. The molecule has 7 heteroatoms. The highest BCUT2D eigenvalue weighted by Gasteiger charge is 2.27. The number of carbonyl (C=O) groups is 2. The zero-order valence-corrected chi connectivity index (χ0v) is 19.6. The fraction of sp³-hybridized carbons (Fsp3) is 0.320. The van der Waals surface area contributed by atoms with E-state index in [-0.39, 0.29) is 11.8 Å². The average molecular weight is 468 g/mol. The third-order valence-corrected chi connectivity index (χ3v) is 7.24. The summed E-state index contributed by atoms with van der Waals surface area (Å²) in [6.07, 6.45) is 2.17. The summed E-state index contributed by atoms with van der Waals surface area (Å²) in [4.78, 5) is 32.7. The quantitative estimate of drug-likeness (QED) is 0.532. The highest BCUT2D eigenvalue weighted by molar-refractivity contribution is 7.17. The van der Waals surface area contributed by atoms with Crippen LogP contribution in [0.4, 0.5) is 0 Å². The van der Waals surface area contributed by atoms with E-state index in [1.54, 1.807) is 0 Å². The van der Waals surface area contributed by atoms with Crippen LogP contribution in [0.15, 0.2) is 54.6 Å². The number of aryl methyl sites for hydroxylation is 1. The van der Waals surface area contributed by atoms with E-state index in [9.17, 15) is 9.59 Å². The number of nitrogens with zero attached hydrogens (tertiary/aromatic N) is 2. The first-order valence-corrected chi connectivity index (χ1v) is 12.0. The van der Waals surface area contributed by atoms with Crippen LogP contribution in [0.3, 0.4) is 0 Å².